The van der Waals surface area contributed by atoms with Crippen molar-refractivity contribution in [2.45, 2.75) is 58.0 Å². The van der Waals surface area contributed by atoms with Crippen LogP contribution in [0.1, 0.15) is 51.9 Å². The van der Waals surface area contributed by atoms with Gasteiger partial charge < -0.3 is 9.47 Å². The van der Waals surface area contributed by atoms with Crippen LogP contribution in [-0.4, -0.2) is 25.9 Å². The van der Waals surface area contributed by atoms with Crippen LogP contribution in [0.5, 0.6) is 0 Å². The molecule has 0 aliphatic heterocycles. The molecular formula is C16H30O2. The lowest BCUT2D eigenvalue weighted by Gasteiger charge is -2.17. The van der Waals surface area contributed by atoms with Crippen molar-refractivity contribution in [1.82, 2.24) is 0 Å². The van der Waals surface area contributed by atoms with Gasteiger partial charge in [0, 0.05) is 13.2 Å². The number of ether oxygens (including phenoxy) is 2. The maximum absolute atomic E-state index is 5.86. The summed E-state index contributed by atoms with van der Waals surface area (Å²) in [6.45, 7) is 12.0. The van der Waals surface area contributed by atoms with Gasteiger partial charge in [0.1, 0.15) is 0 Å². The average molecular weight is 254 g/mol. The molecule has 0 radical (unpaired) electrons. The maximum Gasteiger partial charge on any atom is 0.0808 e. The molecule has 0 aromatic carbocycles. The Balaban J connectivity index is 3.62. The van der Waals surface area contributed by atoms with E-state index in [1.54, 1.807) is 0 Å². The lowest BCUT2D eigenvalue weighted by Crippen LogP contribution is -2.21. The predicted molar refractivity (Wildman–Crippen MR) is 78.9 cm³/mol. The smallest absolute Gasteiger partial charge is 0.0808 e. The highest BCUT2D eigenvalue weighted by Gasteiger charge is 2.08. The van der Waals surface area contributed by atoms with Gasteiger partial charge in [0.15, 0.2) is 0 Å². The minimum atomic E-state index is 0.262. The van der Waals surface area contributed by atoms with Crippen molar-refractivity contribution in [3.63, 3.8) is 0 Å². The number of unbranched alkanes of at least 4 members (excludes halogenated alkanes) is 3. The van der Waals surface area contributed by atoms with Gasteiger partial charge in [-0.3, -0.25) is 0 Å². The zero-order valence-electron chi connectivity index (χ0n) is 12.0. The Hall–Kier alpha value is -0.600. The quantitative estimate of drug-likeness (QED) is 0.335. The maximum atomic E-state index is 5.86. The van der Waals surface area contributed by atoms with E-state index in [4.69, 9.17) is 9.47 Å². The van der Waals surface area contributed by atoms with Crippen LogP contribution in [0.3, 0.4) is 0 Å². The van der Waals surface area contributed by atoms with Crippen molar-refractivity contribution in [3.05, 3.63) is 25.3 Å². The van der Waals surface area contributed by atoms with E-state index < -0.39 is 0 Å². The van der Waals surface area contributed by atoms with Crippen LogP contribution in [0.25, 0.3) is 0 Å². The molecule has 18 heavy (non-hydrogen) atoms. The van der Waals surface area contributed by atoms with E-state index in [0.717, 1.165) is 51.9 Å². The highest BCUT2D eigenvalue weighted by Crippen LogP contribution is 2.07. The van der Waals surface area contributed by atoms with E-state index in [1.807, 2.05) is 12.2 Å². The van der Waals surface area contributed by atoms with Gasteiger partial charge in [-0.1, -0.05) is 31.9 Å². The first-order valence-electron chi connectivity index (χ1n) is 7.26. The zero-order chi connectivity index (χ0) is 13.5. The van der Waals surface area contributed by atoms with Crippen LogP contribution in [0.2, 0.25) is 0 Å². The van der Waals surface area contributed by atoms with Crippen molar-refractivity contribution in [2.24, 2.45) is 0 Å². The molecule has 0 N–H and O–H groups in total. The first-order valence-corrected chi connectivity index (χ1v) is 7.26. The first-order chi connectivity index (χ1) is 8.85. The summed E-state index contributed by atoms with van der Waals surface area (Å²) in [6.07, 6.45) is 11.8. The standard InChI is InChI=1S/C16H30O2/c1-4-7-10-13-17-15-16(12-9-6-3)18-14-11-8-5-2/h4-5,16H,1-2,6-15H2,3H3. The molecule has 106 valence electrons. The molecule has 0 saturated heterocycles. The molecule has 0 aliphatic rings. The minimum Gasteiger partial charge on any atom is -0.379 e. The second kappa shape index (κ2) is 14.5. The van der Waals surface area contributed by atoms with Crippen LogP contribution < -0.4 is 0 Å². The normalized spacial score (nSPS) is 12.3. The summed E-state index contributed by atoms with van der Waals surface area (Å²) in [7, 11) is 0. The fourth-order valence-corrected chi connectivity index (χ4v) is 1.67. The predicted octanol–water partition coefficient (Wildman–Crippen LogP) is 4.51. The van der Waals surface area contributed by atoms with Crippen LogP contribution >= 0.6 is 0 Å². The molecule has 1 unspecified atom stereocenters. The molecule has 0 heterocycles. The zero-order valence-corrected chi connectivity index (χ0v) is 12.0. The van der Waals surface area contributed by atoms with E-state index in [-0.39, 0.29) is 6.10 Å². The van der Waals surface area contributed by atoms with Gasteiger partial charge in [0.25, 0.3) is 0 Å². The molecule has 1 atom stereocenters. The van der Waals surface area contributed by atoms with Gasteiger partial charge >= 0.3 is 0 Å². The molecule has 0 aromatic heterocycles. The molecule has 0 aliphatic carbocycles. The van der Waals surface area contributed by atoms with E-state index in [2.05, 4.69) is 20.1 Å². The highest BCUT2D eigenvalue weighted by atomic mass is 16.5. The van der Waals surface area contributed by atoms with Gasteiger partial charge in [-0.15, -0.1) is 13.2 Å². The summed E-state index contributed by atoms with van der Waals surface area (Å²) in [5.41, 5.74) is 0. The topological polar surface area (TPSA) is 18.5 Å². The van der Waals surface area contributed by atoms with Crippen molar-refractivity contribution < 1.29 is 9.47 Å². The summed E-state index contributed by atoms with van der Waals surface area (Å²) in [4.78, 5) is 0. The van der Waals surface area contributed by atoms with Gasteiger partial charge in [-0.25, -0.2) is 0 Å². The Morgan fingerprint density at radius 3 is 2.28 bits per heavy atom. The van der Waals surface area contributed by atoms with Crippen molar-refractivity contribution in [2.75, 3.05) is 19.8 Å². The van der Waals surface area contributed by atoms with Gasteiger partial charge in [-0.05, 0) is 32.1 Å². The molecule has 0 bridgehead atoms. The Bertz CT molecular complexity index is 190. The first kappa shape index (κ1) is 17.4. The van der Waals surface area contributed by atoms with Crippen LogP contribution in [0.15, 0.2) is 25.3 Å². The Morgan fingerprint density at radius 2 is 1.67 bits per heavy atom. The Morgan fingerprint density at radius 1 is 1.00 bits per heavy atom. The van der Waals surface area contributed by atoms with Crippen LogP contribution in [0, 0.1) is 0 Å². The summed E-state index contributed by atoms with van der Waals surface area (Å²) in [5, 5.41) is 0. The van der Waals surface area contributed by atoms with E-state index in [9.17, 15) is 0 Å². The molecule has 0 aromatic rings. The van der Waals surface area contributed by atoms with Crippen molar-refractivity contribution in [1.29, 1.82) is 0 Å². The molecular weight excluding hydrogens is 224 g/mol. The van der Waals surface area contributed by atoms with Crippen LogP contribution in [0.4, 0.5) is 0 Å². The van der Waals surface area contributed by atoms with E-state index in [1.165, 1.54) is 12.8 Å². The lowest BCUT2D eigenvalue weighted by molar-refractivity contribution is -0.0222. The lowest BCUT2D eigenvalue weighted by atomic mass is 10.2. The molecule has 0 saturated carbocycles. The SMILES string of the molecule is C=CCCCOCC(CCCC)OCCCC=C. The number of hydrogen-bond acceptors (Lipinski definition) is 2. The van der Waals surface area contributed by atoms with E-state index >= 15 is 0 Å². The van der Waals surface area contributed by atoms with E-state index in [0.29, 0.717) is 0 Å². The van der Waals surface area contributed by atoms with Gasteiger partial charge in [0.05, 0.1) is 12.7 Å². The fraction of sp³-hybridized carbons (Fsp3) is 0.750. The van der Waals surface area contributed by atoms with Crippen LogP contribution in [-0.2, 0) is 9.47 Å². The third-order valence-electron chi connectivity index (χ3n) is 2.79. The number of allylic oxidation sites excluding steroid dienone is 2. The Kier molecular flexibility index (Phi) is 14.0. The highest BCUT2D eigenvalue weighted by molar-refractivity contribution is 4.66. The molecule has 0 amide bonds. The number of rotatable bonds is 14. The molecule has 2 nitrogen and oxygen atoms in total. The summed E-state index contributed by atoms with van der Waals surface area (Å²) in [6, 6.07) is 0. The third kappa shape index (κ3) is 11.9. The molecule has 2 heteroatoms. The number of hydrogen-bond donors (Lipinski definition) is 0. The molecule has 0 spiro atoms. The second-order valence-corrected chi connectivity index (χ2v) is 4.57. The molecule has 0 fully saturated rings. The second-order valence-electron chi connectivity index (χ2n) is 4.57. The molecule has 0 rings (SSSR count). The van der Waals surface area contributed by atoms with Crippen molar-refractivity contribution in [3.8, 4) is 0 Å². The summed E-state index contributed by atoms with van der Waals surface area (Å²) < 4.78 is 11.5. The monoisotopic (exact) mass is 254 g/mol. The summed E-state index contributed by atoms with van der Waals surface area (Å²) in [5.74, 6) is 0. The fourth-order valence-electron chi connectivity index (χ4n) is 1.67. The minimum absolute atomic E-state index is 0.262. The Labute approximate surface area is 113 Å². The van der Waals surface area contributed by atoms with Crippen molar-refractivity contribution >= 4 is 0 Å². The third-order valence-corrected chi connectivity index (χ3v) is 2.79. The van der Waals surface area contributed by atoms with Gasteiger partial charge in [0.2, 0.25) is 0 Å². The average Bonchev–Trinajstić information content (AvgIpc) is 2.39. The van der Waals surface area contributed by atoms with Gasteiger partial charge in [-0.2, -0.15) is 0 Å². The largest absolute Gasteiger partial charge is 0.379 e. The summed E-state index contributed by atoms with van der Waals surface area (Å²) >= 11 is 0.